The largest absolute Gasteiger partial charge is 0.346 e. The van der Waals surface area contributed by atoms with Gasteiger partial charge in [0.1, 0.15) is 18.3 Å². The molecule has 0 radical (unpaired) electrons. The van der Waals surface area contributed by atoms with E-state index in [0.717, 1.165) is 23.0 Å². The van der Waals surface area contributed by atoms with E-state index in [2.05, 4.69) is 15.0 Å². The lowest BCUT2D eigenvalue weighted by Crippen LogP contribution is -1.92. The molecule has 0 spiro atoms. The van der Waals surface area contributed by atoms with E-state index in [1.807, 2.05) is 6.07 Å². The molecule has 2 aromatic heterocycles. The third-order valence-corrected chi connectivity index (χ3v) is 1.71. The summed E-state index contributed by atoms with van der Waals surface area (Å²) in [4.78, 5) is 21.2. The standard InChI is InChI=1S/C8H7N3O.ClH/c12-4-2-7-6-1-3-9-8(6)11-5-10-7;/h1,3-5H,2H2,(H,9,10,11);1H. The van der Waals surface area contributed by atoms with Crippen LogP contribution in [0.3, 0.4) is 0 Å². The number of fused-ring (bicyclic) bond motifs is 1. The van der Waals surface area contributed by atoms with Crippen molar-refractivity contribution in [1.29, 1.82) is 0 Å². The van der Waals surface area contributed by atoms with Crippen molar-refractivity contribution >= 4 is 29.7 Å². The summed E-state index contributed by atoms with van der Waals surface area (Å²) in [6.45, 7) is 0. The Morgan fingerprint density at radius 2 is 2.31 bits per heavy atom. The molecule has 13 heavy (non-hydrogen) atoms. The van der Waals surface area contributed by atoms with Gasteiger partial charge in [0.25, 0.3) is 0 Å². The maximum absolute atomic E-state index is 10.3. The molecule has 0 aliphatic heterocycles. The van der Waals surface area contributed by atoms with Crippen molar-refractivity contribution in [1.82, 2.24) is 15.0 Å². The highest BCUT2D eigenvalue weighted by atomic mass is 35.5. The van der Waals surface area contributed by atoms with Crippen LogP contribution >= 0.6 is 12.4 Å². The SMILES string of the molecule is Cl.O=CCc1ncnc2[nH]ccc12. The van der Waals surface area contributed by atoms with Gasteiger partial charge in [0, 0.05) is 18.0 Å². The van der Waals surface area contributed by atoms with Crippen molar-refractivity contribution in [2.24, 2.45) is 0 Å². The lowest BCUT2D eigenvalue weighted by molar-refractivity contribution is -0.107. The van der Waals surface area contributed by atoms with Crippen LogP contribution in [0, 0.1) is 0 Å². The van der Waals surface area contributed by atoms with Crippen molar-refractivity contribution in [3.05, 3.63) is 24.3 Å². The summed E-state index contributed by atoms with van der Waals surface area (Å²) in [6.07, 6.45) is 4.43. The lowest BCUT2D eigenvalue weighted by atomic mass is 10.2. The molecule has 1 N–H and O–H groups in total. The number of aldehydes is 1. The van der Waals surface area contributed by atoms with Gasteiger partial charge in [0.2, 0.25) is 0 Å². The summed E-state index contributed by atoms with van der Waals surface area (Å²) in [5.41, 5.74) is 1.55. The maximum atomic E-state index is 10.3. The first-order valence-corrected chi connectivity index (χ1v) is 3.62. The molecule has 0 fully saturated rings. The van der Waals surface area contributed by atoms with Gasteiger partial charge < -0.3 is 9.78 Å². The summed E-state index contributed by atoms with van der Waals surface area (Å²) in [6, 6.07) is 1.87. The molecule has 2 heterocycles. The lowest BCUT2D eigenvalue weighted by Gasteiger charge is -1.94. The minimum atomic E-state index is 0. The number of carbonyl (C=O) groups excluding carboxylic acids is 1. The first kappa shape index (κ1) is 9.67. The molecule has 2 aromatic rings. The Balaban J connectivity index is 0.000000845. The van der Waals surface area contributed by atoms with Gasteiger partial charge in [-0.15, -0.1) is 12.4 Å². The molecule has 68 valence electrons. The van der Waals surface area contributed by atoms with E-state index < -0.39 is 0 Å². The van der Waals surface area contributed by atoms with Crippen LogP contribution in [0.4, 0.5) is 0 Å². The maximum Gasteiger partial charge on any atom is 0.140 e. The summed E-state index contributed by atoms with van der Waals surface area (Å²) in [5, 5.41) is 0.921. The van der Waals surface area contributed by atoms with E-state index in [0.29, 0.717) is 6.42 Å². The molecular formula is C8H8ClN3O. The van der Waals surface area contributed by atoms with Crippen LogP contribution in [0.2, 0.25) is 0 Å². The predicted octanol–water partition coefficient (Wildman–Crippen LogP) is 1.12. The third-order valence-electron chi connectivity index (χ3n) is 1.71. The number of nitrogens with one attached hydrogen (secondary N) is 1. The minimum Gasteiger partial charge on any atom is -0.346 e. The number of aromatic amines is 1. The van der Waals surface area contributed by atoms with E-state index in [1.165, 1.54) is 6.33 Å². The highest BCUT2D eigenvalue weighted by molar-refractivity contribution is 5.85. The van der Waals surface area contributed by atoms with Crippen LogP contribution in [0.1, 0.15) is 5.69 Å². The zero-order valence-electron chi connectivity index (χ0n) is 6.73. The second kappa shape index (κ2) is 4.00. The quantitative estimate of drug-likeness (QED) is 0.734. The first-order valence-electron chi connectivity index (χ1n) is 3.62. The average Bonchev–Trinajstić information content (AvgIpc) is 2.53. The predicted molar refractivity (Wildman–Crippen MR) is 50.9 cm³/mol. The van der Waals surface area contributed by atoms with Gasteiger partial charge in [0.05, 0.1) is 5.69 Å². The number of carbonyl (C=O) groups is 1. The average molecular weight is 198 g/mol. The summed E-state index contributed by atoms with van der Waals surface area (Å²) in [5.74, 6) is 0. The van der Waals surface area contributed by atoms with Crippen molar-refractivity contribution < 1.29 is 4.79 Å². The molecule has 5 heteroatoms. The van der Waals surface area contributed by atoms with Crippen molar-refractivity contribution in [3.63, 3.8) is 0 Å². The van der Waals surface area contributed by atoms with Crippen LogP contribution in [0.15, 0.2) is 18.6 Å². The highest BCUT2D eigenvalue weighted by Crippen LogP contribution is 2.11. The summed E-state index contributed by atoms with van der Waals surface area (Å²) in [7, 11) is 0. The fourth-order valence-electron chi connectivity index (χ4n) is 1.17. The molecule has 0 bridgehead atoms. The summed E-state index contributed by atoms with van der Waals surface area (Å²) >= 11 is 0. The Morgan fingerprint density at radius 1 is 1.46 bits per heavy atom. The molecule has 0 aliphatic carbocycles. The van der Waals surface area contributed by atoms with Crippen LogP contribution in [0.25, 0.3) is 11.0 Å². The van der Waals surface area contributed by atoms with Crippen LogP contribution in [-0.4, -0.2) is 21.2 Å². The number of H-pyrrole nitrogens is 1. The number of rotatable bonds is 2. The van der Waals surface area contributed by atoms with E-state index in [9.17, 15) is 4.79 Å². The molecular weight excluding hydrogens is 190 g/mol. The molecule has 0 saturated carbocycles. The Bertz CT molecular complexity index is 412. The second-order valence-electron chi connectivity index (χ2n) is 2.43. The third kappa shape index (κ3) is 1.67. The van der Waals surface area contributed by atoms with Gasteiger partial charge in [-0.1, -0.05) is 0 Å². The fourth-order valence-corrected chi connectivity index (χ4v) is 1.17. The highest BCUT2D eigenvalue weighted by Gasteiger charge is 2.02. The Morgan fingerprint density at radius 3 is 3.08 bits per heavy atom. The molecule has 0 saturated heterocycles. The van der Waals surface area contributed by atoms with E-state index in [4.69, 9.17) is 0 Å². The van der Waals surface area contributed by atoms with Crippen LogP contribution < -0.4 is 0 Å². The Labute approximate surface area is 80.8 Å². The smallest absolute Gasteiger partial charge is 0.140 e. The van der Waals surface area contributed by atoms with Crippen molar-refractivity contribution in [2.45, 2.75) is 6.42 Å². The van der Waals surface area contributed by atoms with Crippen molar-refractivity contribution in [2.75, 3.05) is 0 Å². The van der Waals surface area contributed by atoms with Crippen LogP contribution in [0.5, 0.6) is 0 Å². The normalized spacial score (nSPS) is 9.54. The number of nitrogens with zero attached hydrogens (tertiary/aromatic N) is 2. The molecule has 4 nitrogen and oxygen atoms in total. The van der Waals surface area contributed by atoms with E-state index in [-0.39, 0.29) is 12.4 Å². The fraction of sp³-hybridized carbons (Fsp3) is 0.125. The first-order chi connectivity index (χ1) is 5.92. The molecule has 2 rings (SSSR count). The zero-order chi connectivity index (χ0) is 8.39. The van der Waals surface area contributed by atoms with Gasteiger partial charge >= 0.3 is 0 Å². The van der Waals surface area contributed by atoms with Gasteiger partial charge in [-0.2, -0.15) is 0 Å². The number of hydrogen-bond acceptors (Lipinski definition) is 3. The minimum absolute atomic E-state index is 0. The van der Waals surface area contributed by atoms with Crippen LogP contribution in [-0.2, 0) is 11.2 Å². The molecule has 0 unspecified atom stereocenters. The molecule has 0 atom stereocenters. The monoisotopic (exact) mass is 197 g/mol. The van der Waals surface area contributed by atoms with Gasteiger partial charge in [-0.05, 0) is 6.07 Å². The van der Waals surface area contributed by atoms with Gasteiger partial charge in [-0.3, -0.25) is 0 Å². The number of hydrogen-bond donors (Lipinski definition) is 1. The second-order valence-corrected chi connectivity index (χ2v) is 2.43. The van der Waals surface area contributed by atoms with Crippen molar-refractivity contribution in [3.8, 4) is 0 Å². The van der Waals surface area contributed by atoms with E-state index >= 15 is 0 Å². The Hall–Kier alpha value is -1.42. The zero-order valence-corrected chi connectivity index (χ0v) is 7.54. The Kier molecular flexibility index (Phi) is 2.97. The van der Waals surface area contributed by atoms with Gasteiger partial charge in [-0.25, -0.2) is 9.97 Å². The summed E-state index contributed by atoms with van der Waals surface area (Å²) < 4.78 is 0. The number of aromatic nitrogens is 3. The van der Waals surface area contributed by atoms with Gasteiger partial charge in [0.15, 0.2) is 0 Å². The topological polar surface area (TPSA) is 58.6 Å². The van der Waals surface area contributed by atoms with E-state index in [1.54, 1.807) is 6.20 Å². The number of halogens is 1. The molecule has 0 aliphatic rings. The molecule has 0 amide bonds. The molecule has 0 aromatic carbocycles.